The predicted octanol–water partition coefficient (Wildman–Crippen LogP) is 5.68. The first-order valence-electron chi connectivity index (χ1n) is 11.6. The first kappa shape index (κ1) is 24.5. The zero-order valence-corrected chi connectivity index (χ0v) is 20.9. The number of rotatable bonds is 7. The highest BCUT2D eigenvalue weighted by molar-refractivity contribution is 6.35. The van der Waals surface area contributed by atoms with E-state index in [1.165, 1.54) is 11.3 Å². The number of halogens is 2. The Morgan fingerprint density at radius 1 is 1.06 bits per heavy atom. The topological polar surface area (TPSA) is 67.6 Å². The number of imide groups is 1. The molecule has 0 unspecified atom stereocenters. The van der Waals surface area contributed by atoms with Crippen LogP contribution in [0, 0.1) is 11.3 Å². The lowest BCUT2D eigenvalue weighted by Gasteiger charge is -2.34. The lowest BCUT2D eigenvalue weighted by Crippen LogP contribution is -2.53. The Kier molecular flexibility index (Phi) is 7.18. The third-order valence-electron chi connectivity index (χ3n) is 7.01. The number of carbonyl (C=O) groups excluding carboxylic acids is 2. The van der Waals surface area contributed by atoms with E-state index in [1.54, 1.807) is 42.3 Å². The second-order valence-corrected chi connectivity index (χ2v) is 9.99. The highest BCUT2D eigenvalue weighted by Crippen LogP contribution is 2.46. The van der Waals surface area contributed by atoms with Crippen LogP contribution < -0.4 is 4.90 Å². The van der Waals surface area contributed by atoms with E-state index in [9.17, 15) is 14.9 Å². The van der Waals surface area contributed by atoms with Crippen LogP contribution in [0.4, 0.5) is 10.5 Å². The molecule has 0 aliphatic carbocycles. The van der Waals surface area contributed by atoms with Crippen molar-refractivity contribution in [1.82, 2.24) is 9.80 Å². The molecular formula is C26H28Cl2N4O2. The van der Waals surface area contributed by atoms with Crippen LogP contribution in [0.2, 0.25) is 10.0 Å². The number of amides is 3. The van der Waals surface area contributed by atoms with Gasteiger partial charge in [-0.1, -0.05) is 61.5 Å². The zero-order valence-electron chi connectivity index (χ0n) is 19.4. The Morgan fingerprint density at radius 2 is 1.74 bits per heavy atom. The Bertz CT molecular complexity index is 1110. The maximum absolute atomic E-state index is 14.1. The number of likely N-dealkylation sites (N-methyl/N-ethyl adjacent to an activating group) is 1. The number of hydrogen-bond donors (Lipinski definition) is 0. The molecule has 4 rings (SSSR count). The number of hydrogen-bond acceptors (Lipinski definition) is 4. The summed E-state index contributed by atoms with van der Waals surface area (Å²) in [6.07, 6.45) is 4.52. The normalized spacial score (nSPS) is 22.7. The summed E-state index contributed by atoms with van der Waals surface area (Å²) in [6, 6.07) is 13.8. The van der Waals surface area contributed by atoms with Crippen LogP contribution in [0.3, 0.4) is 0 Å². The molecule has 178 valence electrons. The van der Waals surface area contributed by atoms with Gasteiger partial charge < -0.3 is 4.90 Å². The van der Waals surface area contributed by atoms with Gasteiger partial charge in [-0.2, -0.15) is 5.26 Å². The lowest BCUT2D eigenvalue weighted by molar-refractivity contribution is -0.124. The summed E-state index contributed by atoms with van der Waals surface area (Å²) in [5.74, 6) is -0.503. The van der Waals surface area contributed by atoms with Gasteiger partial charge in [-0.25, -0.2) is 9.69 Å². The van der Waals surface area contributed by atoms with Crippen LogP contribution in [-0.2, 0) is 4.79 Å². The van der Waals surface area contributed by atoms with Gasteiger partial charge in [-0.3, -0.25) is 9.69 Å². The van der Waals surface area contributed by atoms with Crippen molar-refractivity contribution >= 4 is 40.8 Å². The van der Waals surface area contributed by atoms with E-state index in [0.717, 1.165) is 31.4 Å². The number of benzene rings is 2. The molecule has 0 bridgehead atoms. The van der Waals surface area contributed by atoms with Crippen molar-refractivity contribution in [2.24, 2.45) is 0 Å². The molecule has 2 aliphatic heterocycles. The molecule has 0 N–H and O–H groups in total. The summed E-state index contributed by atoms with van der Waals surface area (Å²) < 4.78 is 0. The fourth-order valence-corrected chi connectivity index (χ4v) is 5.74. The van der Waals surface area contributed by atoms with Crippen molar-refractivity contribution in [3.05, 3.63) is 63.6 Å². The fraction of sp³-hybridized carbons (Fsp3) is 0.423. The average Bonchev–Trinajstić information content (AvgIpc) is 3.29. The maximum atomic E-state index is 14.1. The SMILES string of the molecule is CCCCCCN1C[C@@H](c2ccc(C#N)cc2)[C@]2(C1)C(=O)N(c1cc(Cl)cc(Cl)c1)C(=O)N2C. The minimum atomic E-state index is -1.05. The van der Waals surface area contributed by atoms with Crippen LogP contribution in [0.1, 0.15) is 49.7 Å². The molecule has 2 saturated heterocycles. The third kappa shape index (κ3) is 4.29. The summed E-state index contributed by atoms with van der Waals surface area (Å²) in [5.41, 5.74) is 0.819. The van der Waals surface area contributed by atoms with E-state index in [1.807, 2.05) is 12.1 Å². The predicted molar refractivity (Wildman–Crippen MR) is 134 cm³/mol. The molecule has 2 aromatic carbocycles. The molecule has 2 fully saturated rings. The molecule has 34 heavy (non-hydrogen) atoms. The lowest BCUT2D eigenvalue weighted by atomic mass is 9.80. The molecule has 0 radical (unpaired) electrons. The Labute approximate surface area is 210 Å². The summed E-state index contributed by atoms with van der Waals surface area (Å²) in [4.78, 5) is 32.6. The summed E-state index contributed by atoms with van der Waals surface area (Å²) in [5, 5.41) is 9.93. The van der Waals surface area contributed by atoms with Gasteiger partial charge >= 0.3 is 6.03 Å². The van der Waals surface area contributed by atoms with Gasteiger partial charge in [-0.15, -0.1) is 0 Å². The molecular weight excluding hydrogens is 471 g/mol. The average molecular weight is 499 g/mol. The Balaban J connectivity index is 1.73. The molecule has 8 heteroatoms. The van der Waals surface area contributed by atoms with Gasteiger partial charge in [-0.05, 0) is 48.9 Å². The number of anilines is 1. The molecule has 0 saturated carbocycles. The van der Waals surface area contributed by atoms with Crippen molar-refractivity contribution in [2.45, 2.75) is 44.1 Å². The molecule has 1 spiro atoms. The Hall–Kier alpha value is -2.59. The fourth-order valence-electron chi connectivity index (χ4n) is 5.23. The van der Waals surface area contributed by atoms with E-state index in [0.29, 0.717) is 34.4 Å². The number of carbonyl (C=O) groups is 2. The monoisotopic (exact) mass is 498 g/mol. The minimum Gasteiger partial charge on any atom is -0.310 e. The molecule has 0 aromatic heterocycles. The van der Waals surface area contributed by atoms with E-state index in [-0.39, 0.29) is 11.8 Å². The molecule has 2 heterocycles. The van der Waals surface area contributed by atoms with Gasteiger partial charge in [0.2, 0.25) is 0 Å². The summed E-state index contributed by atoms with van der Waals surface area (Å²) in [6.45, 7) is 4.16. The van der Waals surface area contributed by atoms with Gasteiger partial charge in [0.15, 0.2) is 0 Å². The van der Waals surface area contributed by atoms with Crippen molar-refractivity contribution in [3.63, 3.8) is 0 Å². The highest BCUT2D eigenvalue weighted by Gasteiger charge is 2.64. The van der Waals surface area contributed by atoms with Gasteiger partial charge in [0.05, 0.1) is 17.3 Å². The van der Waals surface area contributed by atoms with Crippen molar-refractivity contribution in [3.8, 4) is 6.07 Å². The zero-order chi connectivity index (χ0) is 24.5. The second-order valence-electron chi connectivity index (χ2n) is 9.12. The van der Waals surface area contributed by atoms with Crippen LogP contribution >= 0.6 is 23.2 Å². The largest absolute Gasteiger partial charge is 0.332 e. The van der Waals surface area contributed by atoms with E-state index in [4.69, 9.17) is 23.2 Å². The van der Waals surface area contributed by atoms with Gasteiger partial charge in [0.25, 0.3) is 5.91 Å². The number of nitrogens with zero attached hydrogens (tertiary/aromatic N) is 4. The third-order valence-corrected chi connectivity index (χ3v) is 7.44. The van der Waals surface area contributed by atoms with Gasteiger partial charge in [0, 0.05) is 36.1 Å². The first-order chi connectivity index (χ1) is 16.3. The van der Waals surface area contributed by atoms with Crippen LogP contribution in [0.25, 0.3) is 0 Å². The second kappa shape index (κ2) is 9.95. The number of likely N-dealkylation sites (tertiary alicyclic amines) is 1. The standard InChI is InChI=1S/C26H28Cl2N4O2/c1-3-4-5-6-11-31-16-23(19-9-7-18(15-29)8-10-19)26(17-31)24(33)32(25(34)30(26)2)22-13-20(27)12-21(28)14-22/h7-10,12-14,23H,3-6,11,16-17H2,1-2H3/t23-,26+/m0/s1. The van der Waals surface area contributed by atoms with E-state index >= 15 is 0 Å². The van der Waals surface area contributed by atoms with Crippen LogP contribution in [0.5, 0.6) is 0 Å². The molecule has 2 atom stereocenters. The molecule has 2 aliphatic rings. The summed E-state index contributed by atoms with van der Waals surface area (Å²) >= 11 is 12.4. The van der Waals surface area contributed by atoms with Crippen LogP contribution in [-0.4, -0.2) is 54.0 Å². The smallest absolute Gasteiger partial charge is 0.310 e. The molecule has 2 aromatic rings. The van der Waals surface area contributed by atoms with Gasteiger partial charge in [0.1, 0.15) is 5.54 Å². The summed E-state index contributed by atoms with van der Waals surface area (Å²) in [7, 11) is 1.70. The van der Waals surface area contributed by atoms with Crippen molar-refractivity contribution in [1.29, 1.82) is 5.26 Å². The minimum absolute atomic E-state index is 0.229. The number of unbranched alkanes of at least 4 members (excludes halogenated alkanes) is 3. The maximum Gasteiger partial charge on any atom is 0.332 e. The van der Waals surface area contributed by atoms with Crippen molar-refractivity contribution in [2.75, 3.05) is 31.6 Å². The Morgan fingerprint density at radius 3 is 2.35 bits per heavy atom. The number of urea groups is 1. The molecule has 6 nitrogen and oxygen atoms in total. The first-order valence-corrected chi connectivity index (χ1v) is 12.4. The van der Waals surface area contributed by atoms with E-state index in [2.05, 4.69) is 17.9 Å². The quantitative estimate of drug-likeness (QED) is 0.363. The number of nitriles is 1. The van der Waals surface area contributed by atoms with Crippen LogP contribution in [0.15, 0.2) is 42.5 Å². The van der Waals surface area contributed by atoms with Crippen molar-refractivity contribution < 1.29 is 9.59 Å². The van der Waals surface area contributed by atoms with E-state index < -0.39 is 11.6 Å². The highest BCUT2D eigenvalue weighted by atomic mass is 35.5. The molecule has 3 amide bonds.